The van der Waals surface area contributed by atoms with Crippen molar-refractivity contribution in [3.63, 3.8) is 0 Å². The Hall–Kier alpha value is -1.74. The topological polar surface area (TPSA) is 97.0 Å². The summed E-state index contributed by atoms with van der Waals surface area (Å²) in [6.45, 7) is 1.75. The highest BCUT2D eigenvalue weighted by molar-refractivity contribution is 7.80. The molecule has 0 aromatic heterocycles. The van der Waals surface area contributed by atoms with Gasteiger partial charge in [-0.3, -0.25) is 14.4 Å². The van der Waals surface area contributed by atoms with E-state index in [-0.39, 0.29) is 42.0 Å². The quantitative estimate of drug-likeness (QED) is 0.508. The highest BCUT2D eigenvalue weighted by atomic mass is 32.1. The van der Waals surface area contributed by atoms with Crippen LogP contribution < -0.4 is 10.6 Å². The molecule has 0 aromatic rings. The van der Waals surface area contributed by atoms with Crippen molar-refractivity contribution in [3.8, 4) is 0 Å². The van der Waals surface area contributed by atoms with E-state index in [0.717, 1.165) is 25.7 Å². The van der Waals surface area contributed by atoms with Crippen molar-refractivity contribution < 1.29 is 23.9 Å². The lowest BCUT2D eigenvalue weighted by atomic mass is 10.1. The summed E-state index contributed by atoms with van der Waals surface area (Å²) in [6, 6.07) is -0.766. The number of nitrogens with zero attached hydrogens (tertiary/aromatic N) is 1. The van der Waals surface area contributed by atoms with Crippen LogP contribution in [0.15, 0.2) is 0 Å². The maximum Gasteiger partial charge on any atom is 0.308 e. The summed E-state index contributed by atoms with van der Waals surface area (Å²) in [7, 11) is 0. The Morgan fingerprint density at radius 1 is 1.36 bits per heavy atom. The lowest BCUT2D eigenvalue weighted by molar-refractivity contribution is -0.150. The number of carbonyl (C=O) groups is 3. The van der Waals surface area contributed by atoms with Crippen molar-refractivity contribution in [2.75, 3.05) is 26.3 Å². The lowest BCUT2D eigenvalue weighted by Gasteiger charge is -2.36. The number of nitrogens with one attached hydrogen (secondary N) is 2. The summed E-state index contributed by atoms with van der Waals surface area (Å²) in [4.78, 5) is 37.8. The van der Waals surface area contributed by atoms with Crippen LogP contribution in [0.2, 0.25) is 0 Å². The Bertz CT molecular complexity index is 560. The zero-order valence-corrected chi connectivity index (χ0v) is 14.8. The number of rotatable bonds is 5. The van der Waals surface area contributed by atoms with Crippen LogP contribution in [0.25, 0.3) is 0 Å². The smallest absolute Gasteiger partial charge is 0.308 e. The summed E-state index contributed by atoms with van der Waals surface area (Å²) in [5, 5.41) is 5.60. The first-order chi connectivity index (χ1) is 12.0. The maximum atomic E-state index is 12.2. The van der Waals surface area contributed by atoms with Gasteiger partial charge in [0.15, 0.2) is 5.11 Å². The molecule has 2 aliphatic heterocycles. The van der Waals surface area contributed by atoms with Gasteiger partial charge in [0.2, 0.25) is 11.8 Å². The highest BCUT2D eigenvalue weighted by Gasteiger charge is 2.36. The Morgan fingerprint density at radius 3 is 2.84 bits per heavy atom. The SMILES string of the molecule is O=C(CC1C(=O)NCCN1C(=S)NC(=O)C1CC1)OCC1CCCO1. The highest BCUT2D eigenvalue weighted by Crippen LogP contribution is 2.28. The van der Waals surface area contributed by atoms with Gasteiger partial charge in [0.25, 0.3) is 0 Å². The van der Waals surface area contributed by atoms with Crippen molar-refractivity contribution in [1.29, 1.82) is 0 Å². The van der Waals surface area contributed by atoms with Gasteiger partial charge in [-0.25, -0.2) is 0 Å². The molecule has 0 bridgehead atoms. The van der Waals surface area contributed by atoms with E-state index >= 15 is 0 Å². The van der Waals surface area contributed by atoms with Gasteiger partial charge in [0, 0.05) is 25.6 Å². The van der Waals surface area contributed by atoms with E-state index in [2.05, 4.69) is 10.6 Å². The van der Waals surface area contributed by atoms with E-state index in [0.29, 0.717) is 19.7 Å². The van der Waals surface area contributed by atoms with E-state index in [9.17, 15) is 14.4 Å². The standard InChI is InChI=1S/C16H23N3O5S/c20-13(24-9-11-2-1-7-23-11)8-12-15(22)17-5-6-19(12)16(25)18-14(21)10-3-4-10/h10-12H,1-9H2,(H,17,22)(H,18,21,25). The molecule has 2 unspecified atom stereocenters. The Kier molecular flexibility index (Phi) is 5.85. The molecule has 3 aliphatic rings. The van der Waals surface area contributed by atoms with Crippen molar-refractivity contribution in [2.45, 2.75) is 44.2 Å². The third kappa shape index (κ3) is 4.88. The van der Waals surface area contributed by atoms with Crippen LogP contribution >= 0.6 is 12.2 Å². The molecule has 3 fully saturated rings. The molecule has 9 heteroatoms. The Balaban J connectivity index is 1.53. The molecule has 0 radical (unpaired) electrons. The zero-order chi connectivity index (χ0) is 17.8. The average Bonchev–Trinajstić information content (AvgIpc) is 3.31. The molecule has 138 valence electrons. The van der Waals surface area contributed by atoms with Crippen molar-refractivity contribution in [2.24, 2.45) is 5.92 Å². The van der Waals surface area contributed by atoms with Gasteiger partial charge in [-0.15, -0.1) is 0 Å². The van der Waals surface area contributed by atoms with E-state index < -0.39 is 12.0 Å². The predicted molar refractivity (Wildman–Crippen MR) is 91.5 cm³/mol. The summed E-state index contributed by atoms with van der Waals surface area (Å²) in [5.74, 6) is -0.857. The third-order valence-electron chi connectivity index (χ3n) is 4.58. The number of piperazine rings is 1. The number of carbonyl (C=O) groups excluding carboxylic acids is 3. The molecule has 1 saturated carbocycles. The number of thiocarbonyl (C=S) groups is 1. The lowest BCUT2D eigenvalue weighted by Crippen LogP contribution is -2.60. The zero-order valence-electron chi connectivity index (χ0n) is 14.0. The van der Waals surface area contributed by atoms with Gasteiger partial charge in [-0.05, 0) is 37.9 Å². The maximum absolute atomic E-state index is 12.2. The average molecular weight is 369 g/mol. The van der Waals surface area contributed by atoms with Crippen LogP contribution in [0.5, 0.6) is 0 Å². The van der Waals surface area contributed by atoms with Gasteiger partial charge >= 0.3 is 5.97 Å². The van der Waals surface area contributed by atoms with Gasteiger partial charge in [0.1, 0.15) is 12.6 Å². The molecule has 0 aromatic carbocycles. The summed E-state index contributed by atoms with van der Waals surface area (Å²) >= 11 is 5.27. The second-order valence-corrected chi connectivity index (χ2v) is 6.98. The molecule has 2 saturated heterocycles. The third-order valence-corrected chi connectivity index (χ3v) is 4.92. The molecule has 8 nitrogen and oxygen atoms in total. The van der Waals surface area contributed by atoms with Crippen molar-refractivity contribution in [1.82, 2.24) is 15.5 Å². The molecule has 0 spiro atoms. The molecule has 1 aliphatic carbocycles. The van der Waals surface area contributed by atoms with Gasteiger partial charge < -0.3 is 25.0 Å². The summed E-state index contributed by atoms with van der Waals surface area (Å²) in [5.41, 5.74) is 0. The first-order valence-corrected chi connectivity index (χ1v) is 9.12. The molecular weight excluding hydrogens is 346 g/mol. The second-order valence-electron chi connectivity index (χ2n) is 6.59. The fraction of sp³-hybridized carbons (Fsp3) is 0.750. The van der Waals surface area contributed by atoms with Crippen LogP contribution in [-0.2, 0) is 23.9 Å². The van der Waals surface area contributed by atoms with Crippen LogP contribution in [0.4, 0.5) is 0 Å². The number of amides is 2. The van der Waals surface area contributed by atoms with E-state index in [1.807, 2.05) is 0 Å². The molecule has 2 amide bonds. The van der Waals surface area contributed by atoms with E-state index in [4.69, 9.17) is 21.7 Å². The Morgan fingerprint density at radius 2 is 2.16 bits per heavy atom. The van der Waals surface area contributed by atoms with E-state index in [1.54, 1.807) is 4.90 Å². The number of ether oxygens (including phenoxy) is 2. The number of hydrogen-bond acceptors (Lipinski definition) is 6. The molecule has 25 heavy (non-hydrogen) atoms. The minimum atomic E-state index is -0.766. The van der Waals surface area contributed by atoms with Gasteiger partial charge in [0.05, 0.1) is 12.5 Å². The predicted octanol–water partition coefficient (Wildman–Crippen LogP) is -0.290. The first kappa shape index (κ1) is 18.1. The van der Waals surface area contributed by atoms with Crippen molar-refractivity contribution in [3.05, 3.63) is 0 Å². The monoisotopic (exact) mass is 369 g/mol. The summed E-state index contributed by atoms with van der Waals surface area (Å²) < 4.78 is 10.6. The fourth-order valence-corrected chi connectivity index (χ4v) is 3.28. The normalized spacial score (nSPS) is 26.1. The molecular formula is C16H23N3O5S. The fourth-order valence-electron chi connectivity index (χ4n) is 2.96. The van der Waals surface area contributed by atoms with Crippen LogP contribution in [0.3, 0.4) is 0 Å². The van der Waals surface area contributed by atoms with Gasteiger partial charge in [-0.1, -0.05) is 0 Å². The van der Waals surface area contributed by atoms with Crippen LogP contribution in [0.1, 0.15) is 32.1 Å². The van der Waals surface area contributed by atoms with E-state index in [1.165, 1.54) is 0 Å². The van der Waals surface area contributed by atoms with Gasteiger partial charge in [-0.2, -0.15) is 0 Å². The van der Waals surface area contributed by atoms with Crippen LogP contribution in [-0.4, -0.2) is 66.2 Å². The molecule has 2 heterocycles. The molecule has 2 atom stereocenters. The Labute approximate surface area is 151 Å². The molecule has 3 rings (SSSR count). The largest absolute Gasteiger partial charge is 0.463 e. The van der Waals surface area contributed by atoms with Crippen LogP contribution in [0, 0.1) is 5.92 Å². The first-order valence-electron chi connectivity index (χ1n) is 8.71. The summed E-state index contributed by atoms with van der Waals surface area (Å²) in [6.07, 6.45) is 3.41. The number of esters is 1. The number of hydrogen-bond donors (Lipinski definition) is 2. The van der Waals surface area contributed by atoms with Crippen molar-refractivity contribution >= 4 is 35.1 Å². The minimum Gasteiger partial charge on any atom is -0.463 e. The second kappa shape index (κ2) is 8.09. The minimum absolute atomic E-state index is 0.0198. The molecule has 2 N–H and O–H groups in total.